The lowest BCUT2D eigenvalue weighted by Gasteiger charge is -2.30. The van der Waals surface area contributed by atoms with Crippen molar-refractivity contribution in [1.82, 2.24) is 20.4 Å². The molecule has 0 saturated carbocycles. The summed E-state index contributed by atoms with van der Waals surface area (Å²) < 4.78 is 6.71. The number of nitrogens with one attached hydrogen (secondary N) is 3. The minimum atomic E-state index is -0.490. The summed E-state index contributed by atoms with van der Waals surface area (Å²) in [6.45, 7) is 3.77. The maximum atomic E-state index is 12.4. The summed E-state index contributed by atoms with van der Waals surface area (Å²) in [7, 11) is 1.60. The van der Waals surface area contributed by atoms with Crippen molar-refractivity contribution < 1.29 is 14.3 Å². The maximum Gasteiger partial charge on any atom is 0.229 e. The molecule has 1 saturated heterocycles. The van der Waals surface area contributed by atoms with Crippen molar-refractivity contribution in [2.75, 3.05) is 12.4 Å². The van der Waals surface area contributed by atoms with Crippen LogP contribution >= 0.6 is 0 Å². The monoisotopic (exact) mass is 357 g/mol. The quantitative estimate of drug-likeness (QED) is 0.750. The standard InChI is InChI=1S/C18H23N5O3/c1-11-9-16(24)21-18(19-11)23-15(8-12(2)22-23)20-17(25)10-13-4-6-14(26-3)7-5-13/h4-8,11,18-19H,9-10H2,1-3H3,(H,20,25)(H,21,24). The third-order valence-electron chi connectivity index (χ3n) is 4.13. The van der Waals surface area contributed by atoms with Crippen molar-refractivity contribution in [3.8, 4) is 5.75 Å². The van der Waals surface area contributed by atoms with Gasteiger partial charge in [0, 0.05) is 18.5 Å². The fourth-order valence-corrected chi connectivity index (χ4v) is 2.91. The number of benzene rings is 1. The van der Waals surface area contributed by atoms with E-state index in [4.69, 9.17) is 4.74 Å². The molecule has 0 spiro atoms. The lowest BCUT2D eigenvalue weighted by atomic mass is 10.1. The first kappa shape index (κ1) is 17.9. The molecule has 2 aromatic rings. The van der Waals surface area contributed by atoms with Crippen LogP contribution in [0.15, 0.2) is 30.3 Å². The van der Waals surface area contributed by atoms with Gasteiger partial charge in [0.1, 0.15) is 11.6 Å². The minimum Gasteiger partial charge on any atom is -0.497 e. The topological polar surface area (TPSA) is 97.3 Å². The van der Waals surface area contributed by atoms with Gasteiger partial charge in [-0.05, 0) is 31.5 Å². The third-order valence-corrected chi connectivity index (χ3v) is 4.13. The zero-order valence-corrected chi connectivity index (χ0v) is 15.1. The first-order chi connectivity index (χ1) is 12.4. The highest BCUT2D eigenvalue weighted by molar-refractivity contribution is 5.91. The second kappa shape index (κ2) is 7.57. The van der Waals surface area contributed by atoms with E-state index in [1.807, 2.05) is 38.1 Å². The Morgan fingerprint density at radius 1 is 1.38 bits per heavy atom. The molecule has 0 aliphatic carbocycles. The highest BCUT2D eigenvalue weighted by Crippen LogP contribution is 2.18. The van der Waals surface area contributed by atoms with E-state index in [9.17, 15) is 9.59 Å². The number of carbonyl (C=O) groups is 2. The molecular weight excluding hydrogens is 334 g/mol. The van der Waals surface area contributed by atoms with Crippen LogP contribution in [-0.2, 0) is 16.0 Å². The second-order valence-corrected chi connectivity index (χ2v) is 6.43. The van der Waals surface area contributed by atoms with Crippen molar-refractivity contribution in [2.45, 2.75) is 39.0 Å². The summed E-state index contributed by atoms with van der Waals surface area (Å²) in [5.41, 5.74) is 1.63. The number of ether oxygens (including phenoxy) is 1. The van der Waals surface area contributed by atoms with Gasteiger partial charge in [-0.3, -0.25) is 14.9 Å². The van der Waals surface area contributed by atoms with E-state index in [-0.39, 0.29) is 24.3 Å². The van der Waals surface area contributed by atoms with Crippen LogP contribution in [0.3, 0.4) is 0 Å². The number of methoxy groups -OCH3 is 1. The van der Waals surface area contributed by atoms with Crippen LogP contribution < -0.4 is 20.7 Å². The molecule has 8 heteroatoms. The number of aryl methyl sites for hydroxylation is 1. The van der Waals surface area contributed by atoms with E-state index in [1.165, 1.54) is 0 Å². The van der Waals surface area contributed by atoms with E-state index in [0.29, 0.717) is 12.2 Å². The van der Waals surface area contributed by atoms with Crippen LogP contribution in [0.25, 0.3) is 0 Å². The molecule has 3 N–H and O–H groups in total. The first-order valence-corrected chi connectivity index (χ1v) is 8.49. The number of carbonyl (C=O) groups excluding carboxylic acids is 2. The van der Waals surface area contributed by atoms with Gasteiger partial charge in [-0.15, -0.1) is 0 Å². The highest BCUT2D eigenvalue weighted by atomic mass is 16.5. The van der Waals surface area contributed by atoms with Crippen molar-refractivity contribution in [2.24, 2.45) is 0 Å². The van der Waals surface area contributed by atoms with E-state index in [2.05, 4.69) is 21.0 Å². The Morgan fingerprint density at radius 3 is 2.77 bits per heavy atom. The molecule has 2 amide bonds. The van der Waals surface area contributed by atoms with Gasteiger partial charge in [0.15, 0.2) is 6.29 Å². The van der Waals surface area contributed by atoms with Crippen LogP contribution in [0, 0.1) is 6.92 Å². The fourth-order valence-electron chi connectivity index (χ4n) is 2.91. The van der Waals surface area contributed by atoms with Gasteiger partial charge in [-0.25, -0.2) is 4.68 Å². The zero-order valence-electron chi connectivity index (χ0n) is 15.1. The molecule has 2 unspecified atom stereocenters. The Kier molecular flexibility index (Phi) is 5.22. The summed E-state index contributed by atoms with van der Waals surface area (Å²) in [6, 6.07) is 9.15. The van der Waals surface area contributed by atoms with Crippen molar-refractivity contribution >= 4 is 17.6 Å². The number of hydrogen-bond donors (Lipinski definition) is 3. The highest BCUT2D eigenvalue weighted by Gasteiger charge is 2.26. The molecule has 1 aliphatic rings. The Morgan fingerprint density at radius 2 is 2.12 bits per heavy atom. The molecule has 1 aromatic carbocycles. The largest absolute Gasteiger partial charge is 0.497 e. The number of hydrogen-bond acceptors (Lipinski definition) is 5. The summed E-state index contributed by atoms with van der Waals surface area (Å²) in [6.07, 6.45) is 0.154. The molecular formula is C18H23N5O3. The van der Waals surface area contributed by atoms with Crippen LogP contribution in [0.5, 0.6) is 5.75 Å². The summed E-state index contributed by atoms with van der Waals surface area (Å²) in [5, 5.41) is 13.4. The molecule has 26 heavy (non-hydrogen) atoms. The lowest BCUT2D eigenvalue weighted by Crippen LogP contribution is -2.52. The zero-order chi connectivity index (χ0) is 18.7. The molecule has 1 fully saturated rings. The summed E-state index contributed by atoms with van der Waals surface area (Å²) >= 11 is 0. The van der Waals surface area contributed by atoms with Crippen molar-refractivity contribution in [3.63, 3.8) is 0 Å². The molecule has 8 nitrogen and oxygen atoms in total. The van der Waals surface area contributed by atoms with E-state index < -0.39 is 6.29 Å². The SMILES string of the molecule is COc1ccc(CC(=O)Nc2cc(C)nn2C2NC(=O)CC(C)N2)cc1. The maximum absolute atomic E-state index is 12.4. The lowest BCUT2D eigenvalue weighted by molar-refractivity contribution is -0.125. The van der Waals surface area contributed by atoms with E-state index >= 15 is 0 Å². The minimum absolute atomic E-state index is 0.0288. The molecule has 0 bridgehead atoms. The Hall–Kier alpha value is -2.87. The average molecular weight is 357 g/mol. The van der Waals surface area contributed by atoms with Crippen LogP contribution in [-0.4, -0.2) is 34.7 Å². The number of aromatic nitrogens is 2. The van der Waals surface area contributed by atoms with Gasteiger partial charge in [0.25, 0.3) is 0 Å². The van der Waals surface area contributed by atoms with Gasteiger partial charge >= 0.3 is 0 Å². The van der Waals surface area contributed by atoms with Crippen LogP contribution in [0.1, 0.15) is 30.9 Å². The van der Waals surface area contributed by atoms with Gasteiger partial charge in [-0.1, -0.05) is 12.1 Å². The third kappa shape index (κ3) is 4.20. The van der Waals surface area contributed by atoms with E-state index in [0.717, 1.165) is 17.0 Å². The van der Waals surface area contributed by atoms with Crippen LogP contribution in [0.2, 0.25) is 0 Å². The molecule has 1 aliphatic heterocycles. The first-order valence-electron chi connectivity index (χ1n) is 8.49. The smallest absolute Gasteiger partial charge is 0.229 e. The predicted molar refractivity (Wildman–Crippen MR) is 96.7 cm³/mol. The average Bonchev–Trinajstić information content (AvgIpc) is 2.95. The number of rotatable bonds is 5. The predicted octanol–water partition coefficient (Wildman–Crippen LogP) is 1.34. The number of nitrogens with zero attached hydrogens (tertiary/aromatic N) is 2. The summed E-state index contributed by atoms with van der Waals surface area (Å²) in [5.74, 6) is 1.07. The van der Waals surface area contributed by atoms with Gasteiger partial charge < -0.3 is 15.4 Å². The van der Waals surface area contributed by atoms with Crippen molar-refractivity contribution in [1.29, 1.82) is 0 Å². The fraction of sp³-hybridized carbons (Fsp3) is 0.389. The van der Waals surface area contributed by atoms with E-state index in [1.54, 1.807) is 17.9 Å². The second-order valence-electron chi connectivity index (χ2n) is 6.43. The summed E-state index contributed by atoms with van der Waals surface area (Å²) in [4.78, 5) is 24.2. The van der Waals surface area contributed by atoms with Crippen LogP contribution in [0.4, 0.5) is 5.82 Å². The molecule has 2 heterocycles. The number of amides is 2. The Bertz CT molecular complexity index is 800. The Balaban J connectivity index is 1.71. The molecule has 2 atom stereocenters. The number of anilines is 1. The van der Waals surface area contributed by atoms with Crippen molar-refractivity contribution in [3.05, 3.63) is 41.6 Å². The molecule has 138 valence electrons. The van der Waals surface area contributed by atoms with Gasteiger partial charge in [0.05, 0.1) is 19.2 Å². The Labute approximate surface area is 151 Å². The normalized spacial score (nSPS) is 19.7. The molecule has 0 radical (unpaired) electrons. The molecule has 1 aromatic heterocycles. The van der Waals surface area contributed by atoms with Gasteiger partial charge in [0.2, 0.25) is 11.8 Å². The molecule has 3 rings (SSSR count). The van der Waals surface area contributed by atoms with Gasteiger partial charge in [-0.2, -0.15) is 5.10 Å².